The zero-order valence-corrected chi connectivity index (χ0v) is 20.1. The number of rotatable bonds is 4. The first-order chi connectivity index (χ1) is 16.7. The van der Waals surface area contributed by atoms with Crippen molar-refractivity contribution >= 4 is 52.0 Å². The Balaban J connectivity index is 0.000000204. The first kappa shape index (κ1) is 28.1. The molecule has 13 heteroatoms. The van der Waals surface area contributed by atoms with E-state index in [0.29, 0.717) is 22.1 Å². The molecule has 0 radical (unpaired) electrons. The van der Waals surface area contributed by atoms with Gasteiger partial charge in [0.25, 0.3) is 0 Å². The van der Waals surface area contributed by atoms with Gasteiger partial charge in [0.15, 0.2) is 0 Å². The van der Waals surface area contributed by atoms with Gasteiger partial charge in [-0.1, -0.05) is 23.7 Å². The van der Waals surface area contributed by atoms with E-state index in [0.717, 1.165) is 0 Å². The Labute approximate surface area is 214 Å². The van der Waals surface area contributed by atoms with Gasteiger partial charge in [-0.15, -0.1) is 0 Å². The van der Waals surface area contributed by atoms with Crippen molar-refractivity contribution in [1.82, 2.24) is 19.9 Å². The number of hydrogen-bond donors (Lipinski definition) is 4. The third kappa shape index (κ3) is 9.93. The van der Waals surface area contributed by atoms with Gasteiger partial charge in [0.2, 0.25) is 10.6 Å². The second-order valence-electron chi connectivity index (χ2n) is 6.47. The van der Waals surface area contributed by atoms with Gasteiger partial charge in [-0.05, 0) is 70.7 Å². The van der Waals surface area contributed by atoms with Gasteiger partial charge < -0.3 is 21.3 Å². The molecule has 2 aromatic carbocycles. The lowest BCUT2D eigenvalue weighted by molar-refractivity contribution is 0.281. The zero-order chi connectivity index (χ0) is 25.8. The van der Waals surface area contributed by atoms with E-state index in [1.807, 2.05) is 0 Å². The van der Waals surface area contributed by atoms with Crippen molar-refractivity contribution < 1.29 is 19.0 Å². The smallest absolute Gasteiger partial charge is 0.224 e. The van der Waals surface area contributed by atoms with Gasteiger partial charge in [0, 0.05) is 12.4 Å². The lowest BCUT2D eigenvalue weighted by atomic mass is 10.2. The summed E-state index contributed by atoms with van der Waals surface area (Å²) < 4.78 is 25.9. The number of aromatic nitrogens is 4. The first-order valence-electron chi connectivity index (χ1n) is 9.65. The van der Waals surface area contributed by atoms with Crippen molar-refractivity contribution in [3.8, 4) is 0 Å². The molecule has 0 aliphatic rings. The van der Waals surface area contributed by atoms with E-state index in [1.54, 1.807) is 12.1 Å². The molecule has 0 atom stereocenters. The van der Waals surface area contributed by atoms with E-state index >= 15 is 0 Å². The summed E-state index contributed by atoms with van der Waals surface area (Å²) in [5.41, 5.74) is 6.74. The fourth-order valence-electron chi connectivity index (χ4n) is 2.32. The highest BCUT2D eigenvalue weighted by Crippen LogP contribution is 2.20. The molecule has 4 rings (SSSR count). The minimum absolute atomic E-state index is 0.0755. The summed E-state index contributed by atoms with van der Waals surface area (Å²) in [6, 6.07) is 11.6. The number of nitrogens with zero attached hydrogens (tertiary/aromatic N) is 4. The van der Waals surface area contributed by atoms with Crippen molar-refractivity contribution in [2.45, 2.75) is 13.2 Å². The molecule has 5 N–H and O–H groups in total. The predicted molar refractivity (Wildman–Crippen MR) is 131 cm³/mol. The second kappa shape index (κ2) is 14.3. The number of nitrogens with one attached hydrogen (secondary N) is 1. The summed E-state index contributed by atoms with van der Waals surface area (Å²) in [6.07, 6.45) is 2.96. The van der Waals surface area contributed by atoms with Crippen molar-refractivity contribution in [2.24, 2.45) is 0 Å². The Morgan fingerprint density at radius 3 is 1.86 bits per heavy atom. The number of nitrogen functional groups attached to an aromatic ring is 1. The molecule has 0 saturated carbocycles. The summed E-state index contributed by atoms with van der Waals surface area (Å²) in [5, 5.41) is 20.9. The Kier molecular flexibility index (Phi) is 11.5. The van der Waals surface area contributed by atoms with Crippen LogP contribution in [-0.4, -0.2) is 30.1 Å². The Hall–Kier alpha value is -3.15. The van der Waals surface area contributed by atoms with Crippen molar-refractivity contribution in [1.29, 1.82) is 0 Å². The molecule has 0 amide bonds. The van der Waals surface area contributed by atoms with Gasteiger partial charge in [0.1, 0.15) is 22.6 Å². The van der Waals surface area contributed by atoms with Crippen LogP contribution in [0.4, 0.5) is 26.0 Å². The third-order valence-corrected chi connectivity index (χ3v) is 4.51. The third-order valence-electron chi connectivity index (χ3n) is 3.94. The van der Waals surface area contributed by atoms with Crippen molar-refractivity contribution in [3.63, 3.8) is 0 Å². The molecule has 0 unspecified atom stereocenters. The van der Waals surface area contributed by atoms with E-state index in [2.05, 4.69) is 25.3 Å². The lowest BCUT2D eigenvalue weighted by Crippen LogP contribution is -1.98. The van der Waals surface area contributed by atoms with E-state index < -0.39 is 11.6 Å². The Bertz CT molecular complexity index is 1240. The van der Waals surface area contributed by atoms with E-state index in [-0.39, 0.29) is 35.2 Å². The standard InChI is InChI=1S/C11H9ClFN3O.C7H8FNO.C4H2Cl2N2/c12-11-14-4-3-10(16-11)15-9-5-7(6-17)1-2-8(9)13;8-6-2-1-5(4-10)3-7(6)9;5-3-1-2-7-4(6)8-3/h1-5,17H,6H2,(H,14,15,16);1-3,10H,4,9H2;1-2H. The van der Waals surface area contributed by atoms with Crippen LogP contribution in [0.5, 0.6) is 0 Å². The molecule has 2 heterocycles. The highest BCUT2D eigenvalue weighted by atomic mass is 35.5. The molecule has 184 valence electrons. The minimum atomic E-state index is -0.447. The number of nitrogens with two attached hydrogens (primary N) is 1. The normalized spacial score (nSPS) is 9.91. The average Bonchev–Trinajstić information content (AvgIpc) is 2.83. The number of aliphatic hydroxyl groups is 2. The molecule has 35 heavy (non-hydrogen) atoms. The summed E-state index contributed by atoms with van der Waals surface area (Å²) in [4.78, 5) is 14.8. The van der Waals surface area contributed by atoms with E-state index in [9.17, 15) is 8.78 Å². The van der Waals surface area contributed by atoms with E-state index in [1.165, 1.54) is 48.8 Å². The van der Waals surface area contributed by atoms with Crippen LogP contribution in [0.3, 0.4) is 0 Å². The molecule has 0 fully saturated rings. The Morgan fingerprint density at radius 1 is 0.771 bits per heavy atom. The largest absolute Gasteiger partial charge is 0.396 e. The van der Waals surface area contributed by atoms with Gasteiger partial charge >= 0.3 is 0 Å². The fourth-order valence-corrected chi connectivity index (χ4v) is 2.79. The van der Waals surface area contributed by atoms with Crippen molar-refractivity contribution in [2.75, 3.05) is 11.1 Å². The maximum absolute atomic E-state index is 13.5. The number of halogens is 5. The molecule has 8 nitrogen and oxygen atoms in total. The van der Waals surface area contributed by atoms with Crippen LogP contribution >= 0.6 is 34.8 Å². The number of benzene rings is 2. The van der Waals surface area contributed by atoms with Gasteiger partial charge in [-0.25, -0.2) is 28.7 Å². The van der Waals surface area contributed by atoms with Crippen LogP contribution in [-0.2, 0) is 13.2 Å². The number of hydrogen-bond acceptors (Lipinski definition) is 8. The molecular weight excluding hydrogens is 525 g/mol. The second-order valence-corrected chi connectivity index (χ2v) is 7.53. The van der Waals surface area contributed by atoms with Crippen LogP contribution < -0.4 is 11.1 Å². The topological polar surface area (TPSA) is 130 Å². The molecule has 0 bridgehead atoms. The first-order valence-corrected chi connectivity index (χ1v) is 10.8. The lowest BCUT2D eigenvalue weighted by Gasteiger charge is -2.08. The summed E-state index contributed by atoms with van der Waals surface area (Å²) in [6.45, 7) is -0.260. The SMILES string of the molecule is Clc1ccnc(Cl)n1.Nc1cc(CO)ccc1F.OCc1ccc(F)c(Nc2ccnc(Cl)n2)c1. The van der Waals surface area contributed by atoms with Crippen LogP contribution in [0.2, 0.25) is 15.7 Å². The van der Waals surface area contributed by atoms with Crippen LogP contribution in [0.15, 0.2) is 60.9 Å². The Morgan fingerprint density at radius 2 is 1.34 bits per heavy atom. The minimum Gasteiger partial charge on any atom is -0.396 e. The quantitative estimate of drug-likeness (QED) is 0.157. The zero-order valence-electron chi connectivity index (χ0n) is 17.8. The highest BCUT2D eigenvalue weighted by molar-refractivity contribution is 6.31. The number of aliphatic hydroxyl groups excluding tert-OH is 2. The van der Waals surface area contributed by atoms with Gasteiger partial charge in [-0.2, -0.15) is 0 Å². The molecule has 0 aliphatic heterocycles. The van der Waals surface area contributed by atoms with Crippen molar-refractivity contribution in [3.05, 3.63) is 99.4 Å². The summed E-state index contributed by atoms with van der Waals surface area (Å²) >= 11 is 16.4. The summed E-state index contributed by atoms with van der Waals surface area (Å²) in [7, 11) is 0. The molecule has 2 aromatic heterocycles. The average molecular weight is 544 g/mol. The monoisotopic (exact) mass is 542 g/mol. The van der Waals surface area contributed by atoms with Gasteiger partial charge in [0.05, 0.1) is 24.6 Å². The summed E-state index contributed by atoms with van der Waals surface area (Å²) in [5.74, 6) is -0.492. The molecular formula is C22H19Cl3F2N6O2. The van der Waals surface area contributed by atoms with Gasteiger partial charge in [-0.3, -0.25) is 0 Å². The fraction of sp³-hybridized carbons (Fsp3) is 0.0909. The maximum atomic E-state index is 13.5. The highest BCUT2D eigenvalue weighted by Gasteiger charge is 2.05. The maximum Gasteiger partial charge on any atom is 0.224 e. The van der Waals surface area contributed by atoms with Crippen LogP contribution in [0.25, 0.3) is 0 Å². The molecule has 0 aliphatic carbocycles. The van der Waals surface area contributed by atoms with Crippen LogP contribution in [0, 0.1) is 11.6 Å². The van der Waals surface area contributed by atoms with E-state index in [4.69, 9.17) is 50.7 Å². The van der Waals surface area contributed by atoms with Crippen LogP contribution in [0.1, 0.15) is 11.1 Å². The molecule has 0 saturated heterocycles. The molecule has 4 aromatic rings. The predicted octanol–water partition coefficient (Wildman–Crippen LogP) is 5.19. The molecule has 0 spiro atoms. The number of anilines is 3.